The first kappa shape index (κ1) is 11.7. The molecule has 0 amide bonds. The summed E-state index contributed by atoms with van der Waals surface area (Å²) in [7, 11) is 1.67. The molecule has 0 radical (unpaired) electrons. The molecule has 3 N–H and O–H groups in total. The Hall–Kier alpha value is -1.81. The van der Waals surface area contributed by atoms with Crippen molar-refractivity contribution in [2.45, 2.75) is 12.8 Å². The van der Waals surface area contributed by atoms with Crippen molar-refractivity contribution in [2.24, 2.45) is 5.73 Å². The fourth-order valence-electron chi connectivity index (χ4n) is 1.80. The number of nitrogens with two attached hydrogens (primary N) is 1. The van der Waals surface area contributed by atoms with E-state index in [0.29, 0.717) is 6.54 Å². The summed E-state index contributed by atoms with van der Waals surface area (Å²) in [6, 6.07) is 7.98. The van der Waals surface area contributed by atoms with Crippen LogP contribution in [-0.2, 0) is 6.42 Å². The molecule has 0 bridgehead atoms. The smallest absolute Gasteiger partial charge is 0.118 e. The molecule has 0 unspecified atom stereocenters. The SMILES string of the molecule is COc1ccc(-c2cn[nH]c2CCCN)cc1. The minimum Gasteiger partial charge on any atom is -0.497 e. The van der Waals surface area contributed by atoms with E-state index in [1.807, 2.05) is 30.5 Å². The first-order valence-corrected chi connectivity index (χ1v) is 5.72. The zero-order valence-electron chi connectivity index (χ0n) is 9.94. The van der Waals surface area contributed by atoms with E-state index in [2.05, 4.69) is 10.2 Å². The number of H-pyrrole nitrogens is 1. The molecule has 90 valence electrons. The fourth-order valence-corrected chi connectivity index (χ4v) is 1.80. The van der Waals surface area contributed by atoms with Crippen LogP contribution in [0.15, 0.2) is 30.5 Å². The van der Waals surface area contributed by atoms with E-state index in [9.17, 15) is 0 Å². The standard InChI is InChI=1S/C13H17N3O/c1-17-11-6-4-10(5-7-11)12-9-15-16-13(12)3-2-8-14/h4-7,9H,2-3,8,14H2,1H3,(H,15,16). The van der Waals surface area contributed by atoms with Gasteiger partial charge in [0.1, 0.15) is 5.75 Å². The third-order valence-electron chi connectivity index (χ3n) is 2.75. The molecule has 1 heterocycles. The largest absolute Gasteiger partial charge is 0.497 e. The van der Waals surface area contributed by atoms with Crippen LogP contribution < -0.4 is 10.5 Å². The molecule has 0 aliphatic rings. The molecule has 4 nitrogen and oxygen atoms in total. The highest BCUT2D eigenvalue weighted by molar-refractivity contribution is 5.65. The van der Waals surface area contributed by atoms with E-state index < -0.39 is 0 Å². The lowest BCUT2D eigenvalue weighted by Crippen LogP contribution is -2.01. The highest BCUT2D eigenvalue weighted by Gasteiger charge is 2.07. The Bertz CT molecular complexity index is 462. The van der Waals surface area contributed by atoms with Gasteiger partial charge in [0.05, 0.1) is 13.3 Å². The number of aromatic amines is 1. The van der Waals surface area contributed by atoms with Crippen molar-refractivity contribution in [3.05, 3.63) is 36.2 Å². The first-order chi connectivity index (χ1) is 8.35. The van der Waals surface area contributed by atoms with Gasteiger partial charge in [-0.15, -0.1) is 0 Å². The molecule has 0 saturated heterocycles. The molecule has 17 heavy (non-hydrogen) atoms. The normalized spacial score (nSPS) is 10.5. The van der Waals surface area contributed by atoms with Gasteiger partial charge in [0, 0.05) is 11.3 Å². The van der Waals surface area contributed by atoms with Crippen molar-refractivity contribution in [3.63, 3.8) is 0 Å². The van der Waals surface area contributed by atoms with Crippen LogP contribution in [-0.4, -0.2) is 23.9 Å². The van der Waals surface area contributed by atoms with E-state index in [0.717, 1.165) is 35.4 Å². The van der Waals surface area contributed by atoms with Crippen LogP contribution >= 0.6 is 0 Å². The number of methoxy groups -OCH3 is 1. The topological polar surface area (TPSA) is 63.9 Å². The molecule has 1 aromatic carbocycles. The van der Waals surface area contributed by atoms with Crippen molar-refractivity contribution in [3.8, 4) is 16.9 Å². The van der Waals surface area contributed by atoms with Crippen molar-refractivity contribution >= 4 is 0 Å². The Balaban J connectivity index is 2.23. The minimum atomic E-state index is 0.696. The number of aryl methyl sites for hydroxylation is 1. The van der Waals surface area contributed by atoms with Crippen LogP contribution in [0.3, 0.4) is 0 Å². The Morgan fingerprint density at radius 1 is 1.29 bits per heavy atom. The summed E-state index contributed by atoms with van der Waals surface area (Å²) < 4.78 is 5.14. The Morgan fingerprint density at radius 3 is 2.71 bits per heavy atom. The average molecular weight is 231 g/mol. The number of benzene rings is 1. The molecule has 0 fully saturated rings. The monoisotopic (exact) mass is 231 g/mol. The van der Waals surface area contributed by atoms with Gasteiger partial charge < -0.3 is 10.5 Å². The molecule has 0 aliphatic heterocycles. The lowest BCUT2D eigenvalue weighted by Gasteiger charge is -2.04. The fraction of sp³-hybridized carbons (Fsp3) is 0.308. The maximum absolute atomic E-state index is 5.52. The maximum atomic E-state index is 5.52. The number of rotatable bonds is 5. The number of hydrogen-bond donors (Lipinski definition) is 2. The van der Waals surface area contributed by atoms with Gasteiger partial charge >= 0.3 is 0 Å². The van der Waals surface area contributed by atoms with Gasteiger partial charge in [-0.05, 0) is 37.1 Å². The second kappa shape index (κ2) is 5.50. The summed E-state index contributed by atoms with van der Waals surface area (Å²) in [6.07, 6.45) is 3.75. The van der Waals surface area contributed by atoms with Gasteiger partial charge in [0.2, 0.25) is 0 Å². The highest BCUT2D eigenvalue weighted by atomic mass is 16.5. The van der Waals surface area contributed by atoms with Crippen LogP contribution in [0.5, 0.6) is 5.75 Å². The highest BCUT2D eigenvalue weighted by Crippen LogP contribution is 2.24. The molecular formula is C13H17N3O. The lowest BCUT2D eigenvalue weighted by molar-refractivity contribution is 0.415. The maximum Gasteiger partial charge on any atom is 0.118 e. The van der Waals surface area contributed by atoms with Crippen molar-refractivity contribution in [1.82, 2.24) is 10.2 Å². The lowest BCUT2D eigenvalue weighted by atomic mass is 10.0. The molecule has 0 atom stereocenters. The number of ether oxygens (including phenoxy) is 1. The Morgan fingerprint density at radius 2 is 2.06 bits per heavy atom. The molecule has 4 heteroatoms. The van der Waals surface area contributed by atoms with E-state index in [1.54, 1.807) is 7.11 Å². The Labute approximate surface area is 101 Å². The van der Waals surface area contributed by atoms with Crippen LogP contribution in [0.2, 0.25) is 0 Å². The van der Waals surface area contributed by atoms with Crippen molar-refractivity contribution in [1.29, 1.82) is 0 Å². The minimum absolute atomic E-state index is 0.696. The summed E-state index contributed by atoms with van der Waals surface area (Å²) in [6.45, 7) is 0.696. The van der Waals surface area contributed by atoms with Gasteiger partial charge in [-0.3, -0.25) is 5.10 Å². The third kappa shape index (κ3) is 2.65. The molecule has 0 spiro atoms. The summed E-state index contributed by atoms with van der Waals surface area (Å²) in [5.41, 5.74) is 8.95. The molecule has 2 rings (SSSR count). The summed E-state index contributed by atoms with van der Waals surface area (Å²) in [5, 5.41) is 7.13. The molecule has 2 aromatic rings. The van der Waals surface area contributed by atoms with Gasteiger partial charge in [-0.1, -0.05) is 12.1 Å². The first-order valence-electron chi connectivity index (χ1n) is 5.72. The average Bonchev–Trinajstić information content (AvgIpc) is 2.84. The van der Waals surface area contributed by atoms with Crippen LogP contribution in [0.25, 0.3) is 11.1 Å². The zero-order valence-corrected chi connectivity index (χ0v) is 9.94. The number of nitrogens with one attached hydrogen (secondary N) is 1. The molecular weight excluding hydrogens is 214 g/mol. The molecule has 0 saturated carbocycles. The van der Waals surface area contributed by atoms with Gasteiger partial charge in [0.15, 0.2) is 0 Å². The van der Waals surface area contributed by atoms with E-state index in [-0.39, 0.29) is 0 Å². The van der Waals surface area contributed by atoms with E-state index in [1.165, 1.54) is 0 Å². The summed E-state index contributed by atoms with van der Waals surface area (Å²) in [4.78, 5) is 0. The van der Waals surface area contributed by atoms with Crippen LogP contribution in [0, 0.1) is 0 Å². The van der Waals surface area contributed by atoms with Gasteiger partial charge in [-0.2, -0.15) is 5.10 Å². The summed E-state index contributed by atoms with van der Waals surface area (Å²) in [5.74, 6) is 0.862. The second-order valence-electron chi connectivity index (χ2n) is 3.88. The van der Waals surface area contributed by atoms with Gasteiger partial charge in [0.25, 0.3) is 0 Å². The molecule has 0 aliphatic carbocycles. The zero-order chi connectivity index (χ0) is 12.1. The predicted octanol–water partition coefficient (Wildman–Crippen LogP) is 1.98. The molecule has 1 aromatic heterocycles. The van der Waals surface area contributed by atoms with Crippen LogP contribution in [0.1, 0.15) is 12.1 Å². The van der Waals surface area contributed by atoms with Gasteiger partial charge in [-0.25, -0.2) is 0 Å². The number of nitrogens with zero attached hydrogens (tertiary/aromatic N) is 1. The van der Waals surface area contributed by atoms with Crippen molar-refractivity contribution in [2.75, 3.05) is 13.7 Å². The van der Waals surface area contributed by atoms with E-state index >= 15 is 0 Å². The quantitative estimate of drug-likeness (QED) is 0.827. The Kier molecular flexibility index (Phi) is 3.77. The third-order valence-corrected chi connectivity index (χ3v) is 2.75. The van der Waals surface area contributed by atoms with Crippen molar-refractivity contribution < 1.29 is 4.74 Å². The number of hydrogen-bond acceptors (Lipinski definition) is 3. The second-order valence-corrected chi connectivity index (χ2v) is 3.88. The van der Waals surface area contributed by atoms with E-state index in [4.69, 9.17) is 10.5 Å². The summed E-state index contributed by atoms with van der Waals surface area (Å²) >= 11 is 0. The number of aromatic nitrogens is 2. The van der Waals surface area contributed by atoms with Crippen LogP contribution in [0.4, 0.5) is 0 Å². The predicted molar refractivity (Wildman–Crippen MR) is 68.0 cm³/mol.